The third-order valence-corrected chi connectivity index (χ3v) is 3.86. The number of carbonyl (C=O) groups is 1. The molecule has 0 aliphatic carbocycles. The molecule has 0 fully saturated rings. The molecule has 0 radical (unpaired) electrons. The smallest absolute Gasteiger partial charge is 0.226 e. The monoisotopic (exact) mass is 321 g/mol. The van der Waals surface area contributed by atoms with Crippen LogP contribution in [-0.2, 0) is 4.79 Å². The first-order chi connectivity index (χ1) is 11.4. The zero-order chi connectivity index (χ0) is 17.3. The van der Waals surface area contributed by atoms with E-state index >= 15 is 0 Å². The van der Waals surface area contributed by atoms with Crippen LogP contribution < -0.4 is 10.7 Å². The highest BCUT2D eigenvalue weighted by molar-refractivity contribution is 5.94. The summed E-state index contributed by atoms with van der Waals surface area (Å²) in [4.78, 5) is 24.2. The van der Waals surface area contributed by atoms with Gasteiger partial charge >= 0.3 is 0 Å². The molecular weight excluding hydrogens is 302 g/mol. The second kappa shape index (κ2) is 6.32. The van der Waals surface area contributed by atoms with Gasteiger partial charge in [0.15, 0.2) is 5.43 Å². The van der Waals surface area contributed by atoms with Gasteiger partial charge in [0.05, 0.1) is 5.39 Å². The highest BCUT2D eigenvalue weighted by Crippen LogP contribution is 2.24. The maximum atomic E-state index is 12.4. The number of carbonyl (C=O) groups excluding carboxylic acids is 1. The molecule has 2 aromatic carbocycles. The van der Waals surface area contributed by atoms with Crippen LogP contribution in [0.4, 0.5) is 5.69 Å². The van der Waals surface area contributed by atoms with Gasteiger partial charge in [0.2, 0.25) is 5.91 Å². The molecule has 1 aromatic heterocycles. The van der Waals surface area contributed by atoms with Gasteiger partial charge in [-0.05, 0) is 25.1 Å². The summed E-state index contributed by atoms with van der Waals surface area (Å²) >= 11 is 0. The lowest BCUT2D eigenvalue weighted by atomic mass is 10.1. The van der Waals surface area contributed by atoms with Crippen LogP contribution in [0.1, 0.15) is 19.4 Å². The molecule has 0 bridgehead atoms. The molecule has 122 valence electrons. The summed E-state index contributed by atoms with van der Waals surface area (Å²) < 4.78 is 5.86. The Labute approximate surface area is 140 Å². The lowest BCUT2D eigenvalue weighted by molar-refractivity contribution is -0.118. The summed E-state index contributed by atoms with van der Waals surface area (Å²) in [6.07, 6.45) is 0. The lowest BCUT2D eigenvalue weighted by Crippen LogP contribution is -2.17. The van der Waals surface area contributed by atoms with Crippen molar-refractivity contribution in [3.05, 3.63) is 64.3 Å². The number of hydrogen-bond acceptors (Lipinski definition) is 3. The van der Waals surface area contributed by atoms with Gasteiger partial charge in [-0.3, -0.25) is 9.59 Å². The van der Waals surface area contributed by atoms with E-state index in [1.165, 1.54) is 6.07 Å². The Bertz CT molecular complexity index is 953. The van der Waals surface area contributed by atoms with Gasteiger partial charge in [0.25, 0.3) is 0 Å². The topological polar surface area (TPSA) is 59.3 Å². The van der Waals surface area contributed by atoms with E-state index in [0.29, 0.717) is 22.4 Å². The molecule has 1 amide bonds. The minimum Gasteiger partial charge on any atom is -0.456 e. The second-order valence-corrected chi connectivity index (χ2v) is 6.20. The van der Waals surface area contributed by atoms with Crippen molar-refractivity contribution >= 4 is 22.6 Å². The first-order valence-electron chi connectivity index (χ1n) is 7.90. The minimum atomic E-state index is -0.132. The predicted molar refractivity (Wildman–Crippen MR) is 96.1 cm³/mol. The first kappa shape index (κ1) is 16.0. The van der Waals surface area contributed by atoms with Crippen LogP contribution in [0, 0.1) is 12.8 Å². The fraction of sp³-hybridized carbons (Fsp3) is 0.200. The summed E-state index contributed by atoms with van der Waals surface area (Å²) in [6.45, 7) is 5.64. The molecule has 0 spiro atoms. The van der Waals surface area contributed by atoms with Crippen molar-refractivity contribution in [3.8, 4) is 11.3 Å². The average Bonchev–Trinajstić information content (AvgIpc) is 2.55. The highest BCUT2D eigenvalue weighted by Gasteiger charge is 2.10. The maximum Gasteiger partial charge on any atom is 0.226 e. The van der Waals surface area contributed by atoms with Gasteiger partial charge < -0.3 is 9.73 Å². The molecule has 1 heterocycles. The number of hydrogen-bond donors (Lipinski definition) is 1. The molecule has 0 aliphatic heterocycles. The summed E-state index contributed by atoms with van der Waals surface area (Å²) in [5, 5.41) is 3.25. The lowest BCUT2D eigenvalue weighted by Gasteiger charge is -2.09. The van der Waals surface area contributed by atoms with Crippen molar-refractivity contribution in [1.29, 1.82) is 0 Å². The van der Waals surface area contributed by atoms with Gasteiger partial charge in [-0.25, -0.2) is 0 Å². The fourth-order valence-electron chi connectivity index (χ4n) is 2.38. The quantitative estimate of drug-likeness (QED) is 0.779. The van der Waals surface area contributed by atoms with Crippen molar-refractivity contribution in [2.75, 3.05) is 5.32 Å². The SMILES string of the molecule is Cc1ccc(-c2cc(=O)c3cc(NC(=O)C(C)C)ccc3o2)cc1. The molecule has 0 aliphatic rings. The maximum absolute atomic E-state index is 12.4. The van der Waals surface area contributed by atoms with Crippen LogP contribution in [0.2, 0.25) is 0 Å². The Morgan fingerprint density at radius 1 is 1.04 bits per heavy atom. The van der Waals surface area contributed by atoms with Crippen molar-refractivity contribution < 1.29 is 9.21 Å². The molecule has 4 nitrogen and oxygen atoms in total. The van der Waals surface area contributed by atoms with Gasteiger partial charge in [-0.2, -0.15) is 0 Å². The number of aryl methyl sites for hydroxylation is 1. The van der Waals surface area contributed by atoms with E-state index in [1.54, 1.807) is 18.2 Å². The summed E-state index contributed by atoms with van der Waals surface area (Å²) in [6, 6.07) is 14.4. The molecule has 1 N–H and O–H groups in total. The summed E-state index contributed by atoms with van der Waals surface area (Å²) in [7, 11) is 0. The van der Waals surface area contributed by atoms with Crippen LogP contribution in [0.5, 0.6) is 0 Å². The molecule has 3 rings (SSSR count). The van der Waals surface area contributed by atoms with E-state index in [9.17, 15) is 9.59 Å². The number of fused-ring (bicyclic) bond motifs is 1. The van der Waals surface area contributed by atoms with E-state index < -0.39 is 0 Å². The van der Waals surface area contributed by atoms with E-state index in [4.69, 9.17) is 4.42 Å². The van der Waals surface area contributed by atoms with E-state index in [2.05, 4.69) is 5.32 Å². The molecule has 0 atom stereocenters. The zero-order valence-corrected chi connectivity index (χ0v) is 13.9. The molecule has 0 unspecified atom stereocenters. The Morgan fingerprint density at radius 2 is 1.75 bits per heavy atom. The molecular formula is C20H19NO3. The standard InChI is InChI=1S/C20H19NO3/c1-12(2)20(23)21-15-8-9-18-16(10-15)17(22)11-19(24-18)14-6-4-13(3)5-7-14/h4-12H,1-3H3,(H,21,23). The number of amides is 1. The molecule has 4 heteroatoms. The van der Waals surface area contributed by atoms with Crippen LogP contribution in [0.25, 0.3) is 22.3 Å². The number of benzene rings is 2. The van der Waals surface area contributed by atoms with Crippen LogP contribution in [0.15, 0.2) is 57.7 Å². The van der Waals surface area contributed by atoms with Gasteiger partial charge in [0.1, 0.15) is 11.3 Å². The minimum absolute atomic E-state index is 0.0880. The Morgan fingerprint density at radius 3 is 2.42 bits per heavy atom. The summed E-state index contributed by atoms with van der Waals surface area (Å²) in [5.74, 6) is 0.322. The Kier molecular flexibility index (Phi) is 4.21. The third kappa shape index (κ3) is 3.23. The Hall–Kier alpha value is -2.88. The van der Waals surface area contributed by atoms with Gasteiger partial charge in [-0.1, -0.05) is 43.7 Å². The third-order valence-electron chi connectivity index (χ3n) is 3.86. The number of nitrogens with one attached hydrogen (secondary N) is 1. The van der Waals surface area contributed by atoms with E-state index in [-0.39, 0.29) is 17.3 Å². The normalized spacial score (nSPS) is 11.0. The zero-order valence-electron chi connectivity index (χ0n) is 13.9. The first-order valence-corrected chi connectivity index (χ1v) is 7.90. The predicted octanol–water partition coefficient (Wildman–Crippen LogP) is 4.36. The van der Waals surface area contributed by atoms with Crippen LogP contribution in [0.3, 0.4) is 0 Å². The average molecular weight is 321 g/mol. The van der Waals surface area contributed by atoms with Gasteiger partial charge in [0, 0.05) is 23.2 Å². The Balaban J connectivity index is 2.02. The van der Waals surface area contributed by atoms with Crippen molar-refractivity contribution in [2.24, 2.45) is 5.92 Å². The van der Waals surface area contributed by atoms with Gasteiger partial charge in [-0.15, -0.1) is 0 Å². The summed E-state index contributed by atoms with van der Waals surface area (Å²) in [5.41, 5.74) is 2.97. The highest BCUT2D eigenvalue weighted by atomic mass is 16.3. The molecule has 24 heavy (non-hydrogen) atoms. The van der Waals surface area contributed by atoms with E-state index in [1.807, 2.05) is 45.0 Å². The van der Waals surface area contributed by atoms with Crippen molar-refractivity contribution in [2.45, 2.75) is 20.8 Å². The molecule has 0 saturated heterocycles. The van der Waals surface area contributed by atoms with Crippen molar-refractivity contribution in [1.82, 2.24) is 0 Å². The van der Waals surface area contributed by atoms with Crippen LogP contribution in [-0.4, -0.2) is 5.91 Å². The molecule has 3 aromatic rings. The van der Waals surface area contributed by atoms with E-state index in [0.717, 1.165) is 11.1 Å². The number of anilines is 1. The largest absolute Gasteiger partial charge is 0.456 e. The van der Waals surface area contributed by atoms with Crippen LogP contribution >= 0.6 is 0 Å². The van der Waals surface area contributed by atoms with Crippen molar-refractivity contribution in [3.63, 3.8) is 0 Å². The fourth-order valence-corrected chi connectivity index (χ4v) is 2.38. The second-order valence-electron chi connectivity index (χ2n) is 6.20. The number of rotatable bonds is 3. The molecule has 0 saturated carbocycles.